The van der Waals surface area contributed by atoms with Gasteiger partial charge in [0.25, 0.3) is 5.95 Å². The third-order valence-electron chi connectivity index (χ3n) is 7.65. The summed E-state index contributed by atoms with van der Waals surface area (Å²) in [6.45, 7) is 3.99. The van der Waals surface area contributed by atoms with Crippen LogP contribution in [-0.4, -0.2) is 85.0 Å². The van der Waals surface area contributed by atoms with E-state index in [2.05, 4.69) is 30.2 Å². The standard InChI is InChI=1S/C25H28ClFN10O/c26-20-2-1-3-22(24(20)27)37-25(30-31-32-37)35-14-17(4-5-23(35)28)21-6-10-29-36(21)18-8-12-34(13-9-18)19-7-11-33(15-19)16-38/h1-6,10,16,18-19H,7-9,11-15,28H2. The van der Waals surface area contributed by atoms with Crippen LogP contribution in [-0.2, 0) is 4.79 Å². The molecule has 0 radical (unpaired) electrons. The second kappa shape index (κ2) is 10.2. The van der Waals surface area contributed by atoms with Crippen molar-refractivity contribution in [3.63, 3.8) is 0 Å². The summed E-state index contributed by atoms with van der Waals surface area (Å²) in [5.41, 5.74) is 8.47. The minimum atomic E-state index is -0.612. The molecular weight excluding hydrogens is 511 g/mol. The van der Waals surface area contributed by atoms with Crippen LogP contribution < -0.4 is 10.6 Å². The Labute approximate surface area is 223 Å². The average Bonchev–Trinajstić information content (AvgIpc) is 3.71. The zero-order valence-electron chi connectivity index (χ0n) is 20.7. The van der Waals surface area contributed by atoms with Crippen LogP contribution in [0.2, 0.25) is 5.02 Å². The van der Waals surface area contributed by atoms with E-state index in [1.807, 2.05) is 23.2 Å². The SMILES string of the molecule is NC1=CC=C(c2ccnn2C2CCN(C3CCN(C=O)C3)CC2)CN1c1nnnn1-c1cccc(Cl)c1F. The molecule has 2 saturated heterocycles. The van der Waals surface area contributed by atoms with E-state index in [-0.39, 0.29) is 22.7 Å². The van der Waals surface area contributed by atoms with E-state index in [1.54, 1.807) is 23.1 Å². The fourth-order valence-electron chi connectivity index (χ4n) is 5.62. The first kappa shape index (κ1) is 24.6. The van der Waals surface area contributed by atoms with Crippen molar-refractivity contribution in [2.45, 2.75) is 31.3 Å². The van der Waals surface area contributed by atoms with Crippen LogP contribution in [0.3, 0.4) is 0 Å². The van der Waals surface area contributed by atoms with Gasteiger partial charge >= 0.3 is 0 Å². The average molecular weight is 539 g/mol. The zero-order valence-corrected chi connectivity index (χ0v) is 21.5. The lowest BCUT2D eigenvalue weighted by Gasteiger charge is -2.36. The van der Waals surface area contributed by atoms with Crippen molar-refractivity contribution in [2.75, 3.05) is 37.6 Å². The number of halogens is 2. The highest BCUT2D eigenvalue weighted by atomic mass is 35.5. The molecule has 2 aromatic heterocycles. The molecule has 0 aliphatic carbocycles. The maximum Gasteiger partial charge on any atom is 0.256 e. The molecular formula is C25H28ClFN10O. The Morgan fingerprint density at radius 3 is 2.68 bits per heavy atom. The second-order valence-corrected chi connectivity index (χ2v) is 10.2. The maximum absolute atomic E-state index is 14.8. The third kappa shape index (κ3) is 4.43. The first-order valence-electron chi connectivity index (χ1n) is 12.7. The first-order chi connectivity index (χ1) is 18.5. The number of rotatable bonds is 6. The van der Waals surface area contributed by atoms with Crippen molar-refractivity contribution >= 4 is 29.5 Å². The van der Waals surface area contributed by atoms with Crippen molar-refractivity contribution in [2.24, 2.45) is 5.73 Å². The summed E-state index contributed by atoms with van der Waals surface area (Å²) in [4.78, 5) is 17.2. The number of nitrogens with two attached hydrogens (primary N) is 1. The molecule has 3 aliphatic heterocycles. The van der Waals surface area contributed by atoms with Crippen molar-refractivity contribution in [3.8, 4) is 5.69 Å². The summed E-state index contributed by atoms with van der Waals surface area (Å²) in [6, 6.07) is 7.39. The third-order valence-corrected chi connectivity index (χ3v) is 7.95. The highest BCUT2D eigenvalue weighted by molar-refractivity contribution is 6.30. The van der Waals surface area contributed by atoms with Gasteiger partial charge in [-0.3, -0.25) is 19.3 Å². The molecule has 0 saturated carbocycles. The summed E-state index contributed by atoms with van der Waals surface area (Å²) in [7, 11) is 0. The molecule has 3 aliphatic rings. The number of carbonyl (C=O) groups is 1. The number of tetrazole rings is 1. The van der Waals surface area contributed by atoms with E-state index in [1.165, 1.54) is 10.7 Å². The zero-order chi connectivity index (χ0) is 26.2. The lowest BCUT2D eigenvalue weighted by Crippen LogP contribution is -2.43. The predicted molar refractivity (Wildman–Crippen MR) is 140 cm³/mol. The van der Waals surface area contributed by atoms with Gasteiger partial charge in [-0.15, -0.1) is 0 Å². The molecule has 3 aromatic rings. The Balaban J connectivity index is 1.20. The van der Waals surface area contributed by atoms with Gasteiger partial charge in [0.05, 0.1) is 23.3 Å². The van der Waals surface area contributed by atoms with E-state index in [0.29, 0.717) is 18.4 Å². The van der Waals surface area contributed by atoms with Gasteiger partial charge in [-0.1, -0.05) is 28.8 Å². The predicted octanol–water partition coefficient (Wildman–Crippen LogP) is 2.22. The largest absolute Gasteiger partial charge is 0.385 e. The molecule has 5 heterocycles. The molecule has 2 N–H and O–H groups in total. The quantitative estimate of drug-likeness (QED) is 0.475. The molecule has 198 valence electrons. The molecule has 11 nitrogen and oxygen atoms in total. The Morgan fingerprint density at radius 2 is 1.89 bits per heavy atom. The van der Waals surface area contributed by atoms with Crippen LogP contribution in [0, 0.1) is 5.82 Å². The number of likely N-dealkylation sites (tertiary alicyclic amines) is 2. The molecule has 0 spiro atoms. The van der Waals surface area contributed by atoms with Gasteiger partial charge < -0.3 is 10.6 Å². The number of carbonyl (C=O) groups excluding carboxylic acids is 1. The molecule has 2 fully saturated rings. The molecule has 1 atom stereocenters. The van der Waals surface area contributed by atoms with Gasteiger partial charge in [0.15, 0.2) is 5.82 Å². The number of piperidine rings is 1. The van der Waals surface area contributed by atoms with Crippen molar-refractivity contribution in [3.05, 3.63) is 65.0 Å². The summed E-state index contributed by atoms with van der Waals surface area (Å²) >= 11 is 5.99. The number of hydrogen-bond donors (Lipinski definition) is 1. The number of benzene rings is 1. The lowest BCUT2D eigenvalue weighted by atomic mass is 10.0. The van der Waals surface area contributed by atoms with Gasteiger partial charge in [-0.2, -0.15) is 9.78 Å². The summed E-state index contributed by atoms with van der Waals surface area (Å²) < 4.78 is 18.2. The minimum Gasteiger partial charge on any atom is -0.385 e. The summed E-state index contributed by atoms with van der Waals surface area (Å²) in [6.07, 6.45) is 9.54. The molecule has 6 rings (SSSR count). The maximum atomic E-state index is 14.8. The molecule has 38 heavy (non-hydrogen) atoms. The van der Waals surface area contributed by atoms with Crippen LogP contribution in [0.15, 0.2) is 48.4 Å². The van der Waals surface area contributed by atoms with E-state index in [9.17, 15) is 9.18 Å². The van der Waals surface area contributed by atoms with E-state index >= 15 is 0 Å². The van der Waals surface area contributed by atoms with Crippen molar-refractivity contribution in [1.29, 1.82) is 0 Å². The van der Waals surface area contributed by atoms with Crippen LogP contribution in [0.4, 0.5) is 10.3 Å². The molecule has 1 amide bonds. The van der Waals surface area contributed by atoms with Crippen LogP contribution in [0.25, 0.3) is 11.3 Å². The minimum absolute atomic E-state index is 0.0179. The number of hydrogen-bond acceptors (Lipinski definition) is 8. The number of amides is 1. The summed E-state index contributed by atoms with van der Waals surface area (Å²) in [5.74, 6) is 0.109. The number of aromatic nitrogens is 6. The topological polar surface area (TPSA) is 114 Å². The molecule has 13 heteroatoms. The molecule has 1 unspecified atom stereocenters. The Hall–Kier alpha value is -3.77. The Bertz CT molecular complexity index is 1390. The van der Waals surface area contributed by atoms with Crippen LogP contribution in [0.1, 0.15) is 31.0 Å². The first-order valence-corrected chi connectivity index (χ1v) is 13.0. The van der Waals surface area contributed by atoms with Gasteiger partial charge in [0, 0.05) is 38.4 Å². The van der Waals surface area contributed by atoms with E-state index < -0.39 is 5.82 Å². The number of nitrogens with zero attached hydrogens (tertiary/aromatic N) is 9. The molecule has 1 aromatic carbocycles. The van der Waals surface area contributed by atoms with Gasteiger partial charge in [0.2, 0.25) is 6.41 Å². The van der Waals surface area contributed by atoms with E-state index in [0.717, 1.165) is 63.1 Å². The fraction of sp³-hybridized carbons (Fsp3) is 0.400. The highest BCUT2D eigenvalue weighted by Gasteiger charge is 2.32. The van der Waals surface area contributed by atoms with Crippen molar-refractivity contribution < 1.29 is 9.18 Å². The van der Waals surface area contributed by atoms with Gasteiger partial charge in [-0.25, -0.2) is 4.39 Å². The number of anilines is 1. The fourth-order valence-corrected chi connectivity index (χ4v) is 5.79. The monoisotopic (exact) mass is 538 g/mol. The highest BCUT2D eigenvalue weighted by Crippen LogP contribution is 2.32. The summed E-state index contributed by atoms with van der Waals surface area (Å²) in [5, 5.41) is 16.6. The molecule has 0 bridgehead atoms. The Morgan fingerprint density at radius 1 is 1.08 bits per heavy atom. The van der Waals surface area contributed by atoms with Crippen LogP contribution >= 0.6 is 11.6 Å². The van der Waals surface area contributed by atoms with Crippen LogP contribution in [0.5, 0.6) is 0 Å². The lowest BCUT2D eigenvalue weighted by molar-refractivity contribution is -0.117. The normalized spacial score (nSPS) is 21.1. The second-order valence-electron chi connectivity index (χ2n) is 9.80. The van der Waals surface area contributed by atoms with Crippen molar-refractivity contribution in [1.82, 2.24) is 39.8 Å². The number of allylic oxidation sites excluding steroid dienone is 2. The van der Waals surface area contributed by atoms with Gasteiger partial charge in [-0.05, 0) is 59.5 Å². The Kier molecular flexibility index (Phi) is 6.58. The smallest absolute Gasteiger partial charge is 0.256 e. The van der Waals surface area contributed by atoms with Gasteiger partial charge in [0.1, 0.15) is 11.5 Å². The van der Waals surface area contributed by atoms with E-state index in [4.69, 9.17) is 17.3 Å².